The third kappa shape index (κ3) is 5.58. The van der Waals surface area contributed by atoms with Gasteiger partial charge in [-0.25, -0.2) is 0 Å². The fraction of sp³-hybridized carbons (Fsp3) is 1.00. The first kappa shape index (κ1) is 14.4. The van der Waals surface area contributed by atoms with E-state index in [0.717, 1.165) is 12.0 Å². The van der Waals surface area contributed by atoms with E-state index in [1.54, 1.807) is 0 Å². The third-order valence-electron chi connectivity index (χ3n) is 3.87. The van der Waals surface area contributed by atoms with Gasteiger partial charge in [-0.2, -0.15) is 11.8 Å². The maximum Gasteiger partial charge on any atom is 0.00952 e. The van der Waals surface area contributed by atoms with Crippen LogP contribution in [0.4, 0.5) is 0 Å². The molecule has 16 heavy (non-hydrogen) atoms. The van der Waals surface area contributed by atoms with Crippen LogP contribution in [-0.2, 0) is 0 Å². The van der Waals surface area contributed by atoms with Gasteiger partial charge in [0, 0.05) is 6.04 Å². The van der Waals surface area contributed by atoms with Crippen molar-refractivity contribution in [1.82, 2.24) is 5.32 Å². The van der Waals surface area contributed by atoms with E-state index >= 15 is 0 Å². The number of thioether (sulfide) groups is 1. The van der Waals surface area contributed by atoms with E-state index in [0.29, 0.717) is 0 Å². The van der Waals surface area contributed by atoms with E-state index in [4.69, 9.17) is 0 Å². The molecule has 1 fully saturated rings. The van der Waals surface area contributed by atoms with Crippen molar-refractivity contribution >= 4 is 11.8 Å². The highest BCUT2D eigenvalue weighted by molar-refractivity contribution is 7.98. The van der Waals surface area contributed by atoms with Gasteiger partial charge in [0.2, 0.25) is 0 Å². The maximum absolute atomic E-state index is 3.79. The molecule has 0 aliphatic heterocycles. The van der Waals surface area contributed by atoms with Crippen LogP contribution in [0.3, 0.4) is 0 Å². The average molecular weight is 243 g/mol. The highest BCUT2D eigenvalue weighted by Crippen LogP contribution is 2.26. The molecular formula is C14H29NS. The summed E-state index contributed by atoms with van der Waals surface area (Å²) < 4.78 is 0. The van der Waals surface area contributed by atoms with Crippen LogP contribution in [0.25, 0.3) is 0 Å². The maximum atomic E-state index is 3.79. The van der Waals surface area contributed by atoms with Gasteiger partial charge in [-0.1, -0.05) is 32.6 Å². The second kappa shape index (κ2) is 9.35. The van der Waals surface area contributed by atoms with E-state index in [-0.39, 0.29) is 0 Å². The Bertz CT molecular complexity index is 161. The summed E-state index contributed by atoms with van der Waals surface area (Å²) in [7, 11) is 0. The minimum Gasteiger partial charge on any atom is -0.314 e. The molecule has 96 valence electrons. The zero-order valence-corrected chi connectivity index (χ0v) is 12.0. The molecule has 2 unspecified atom stereocenters. The summed E-state index contributed by atoms with van der Waals surface area (Å²) in [5.74, 6) is 2.29. The lowest BCUT2D eigenvalue weighted by molar-refractivity contribution is 0.255. The summed E-state index contributed by atoms with van der Waals surface area (Å²) in [5, 5.41) is 3.79. The lowest BCUT2D eigenvalue weighted by atomic mass is 9.83. The zero-order valence-electron chi connectivity index (χ0n) is 11.1. The Hall–Kier alpha value is 0.310. The van der Waals surface area contributed by atoms with E-state index < -0.39 is 0 Å². The van der Waals surface area contributed by atoms with E-state index in [9.17, 15) is 0 Å². The van der Waals surface area contributed by atoms with Crippen molar-refractivity contribution in [2.24, 2.45) is 5.92 Å². The Morgan fingerprint density at radius 1 is 1.12 bits per heavy atom. The van der Waals surface area contributed by atoms with Crippen LogP contribution in [0.1, 0.15) is 58.3 Å². The summed E-state index contributed by atoms with van der Waals surface area (Å²) in [5.41, 5.74) is 0. The van der Waals surface area contributed by atoms with E-state index in [1.165, 1.54) is 63.7 Å². The van der Waals surface area contributed by atoms with Gasteiger partial charge in [0.1, 0.15) is 0 Å². The van der Waals surface area contributed by atoms with Crippen LogP contribution in [-0.4, -0.2) is 24.6 Å². The number of unbranched alkanes of at least 4 members (excludes halogenated alkanes) is 2. The topological polar surface area (TPSA) is 12.0 Å². The molecule has 1 nitrogen and oxygen atoms in total. The molecule has 0 bridgehead atoms. The number of nitrogens with one attached hydrogen (secondary N) is 1. The summed E-state index contributed by atoms with van der Waals surface area (Å²) in [4.78, 5) is 0. The monoisotopic (exact) mass is 243 g/mol. The first-order chi connectivity index (χ1) is 7.88. The quantitative estimate of drug-likeness (QED) is 0.645. The molecule has 1 rings (SSSR count). The Labute approximate surface area is 106 Å². The minimum atomic E-state index is 0.833. The molecule has 0 aromatic heterocycles. The molecule has 0 aromatic rings. The summed E-state index contributed by atoms with van der Waals surface area (Å²) >= 11 is 1.97. The fourth-order valence-corrected chi connectivity index (χ4v) is 3.29. The molecule has 0 spiro atoms. The minimum absolute atomic E-state index is 0.833. The highest BCUT2D eigenvalue weighted by atomic mass is 32.2. The number of hydrogen-bond donors (Lipinski definition) is 1. The van der Waals surface area contributed by atoms with Crippen molar-refractivity contribution in [3.63, 3.8) is 0 Å². The lowest BCUT2D eigenvalue weighted by Crippen LogP contribution is -2.38. The fourth-order valence-electron chi connectivity index (χ4n) is 2.80. The lowest BCUT2D eigenvalue weighted by Gasteiger charge is -2.31. The smallest absolute Gasteiger partial charge is 0.00952 e. The molecular weight excluding hydrogens is 214 g/mol. The molecule has 0 saturated heterocycles. The van der Waals surface area contributed by atoms with Crippen molar-refractivity contribution in [2.75, 3.05) is 18.6 Å². The Morgan fingerprint density at radius 2 is 1.94 bits per heavy atom. The highest BCUT2D eigenvalue weighted by Gasteiger charge is 2.22. The van der Waals surface area contributed by atoms with Crippen LogP contribution in [0, 0.1) is 5.92 Å². The molecule has 2 heteroatoms. The van der Waals surface area contributed by atoms with Crippen molar-refractivity contribution in [3.8, 4) is 0 Å². The van der Waals surface area contributed by atoms with Crippen LogP contribution < -0.4 is 5.32 Å². The molecule has 0 radical (unpaired) electrons. The van der Waals surface area contributed by atoms with Gasteiger partial charge < -0.3 is 5.32 Å². The van der Waals surface area contributed by atoms with Gasteiger partial charge in [-0.3, -0.25) is 0 Å². The van der Waals surface area contributed by atoms with E-state index in [2.05, 4.69) is 18.5 Å². The van der Waals surface area contributed by atoms with Gasteiger partial charge >= 0.3 is 0 Å². The molecule has 0 aromatic carbocycles. The standard InChI is InChI=1S/C14H29NS/c1-3-13-9-5-6-10-14(13)15-11-7-4-8-12-16-2/h13-15H,3-12H2,1-2H3. The van der Waals surface area contributed by atoms with Crippen LogP contribution in [0.15, 0.2) is 0 Å². The van der Waals surface area contributed by atoms with Gasteiger partial charge in [0.05, 0.1) is 0 Å². The van der Waals surface area contributed by atoms with Gasteiger partial charge in [-0.15, -0.1) is 0 Å². The molecule has 2 atom stereocenters. The Morgan fingerprint density at radius 3 is 2.69 bits per heavy atom. The van der Waals surface area contributed by atoms with Crippen LogP contribution >= 0.6 is 11.8 Å². The van der Waals surface area contributed by atoms with Crippen LogP contribution in [0.2, 0.25) is 0 Å². The number of hydrogen-bond acceptors (Lipinski definition) is 2. The largest absolute Gasteiger partial charge is 0.314 e. The normalized spacial score (nSPS) is 25.9. The van der Waals surface area contributed by atoms with Crippen molar-refractivity contribution in [3.05, 3.63) is 0 Å². The third-order valence-corrected chi connectivity index (χ3v) is 4.56. The molecule has 1 aliphatic rings. The summed E-state index contributed by atoms with van der Waals surface area (Å²) in [6, 6.07) is 0.833. The molecule has 0 amide bonds. The summed E-state index contributed by atoms with van der Waals surface area (Å²) in [6.07, 6.45) is 13.5. The summed E-state index contributed by atoms with van der Waals surface area (Å²) in [6.45, 7) is 3.60. The SMILES string of the molecule is CCC1CCCCC1NCCCCCSC. The van der Waals surface area contributed by atoms with Gasteiger partial charge in [0.15, 0.2) is 0 Å². The predicted molar refractivity (Wildman–Crippen MR) is 76.3 cm³/mol. The van der Waals surface area contributed by atoms with Crippen LogP contribution in [0.5, 0.6) is 0 Å². The van der Waals surface area contributed by atoms with Crippen molar-refractivity contribution < 1.29 is 0 Å². The number of rotatable bonds is 8. The molecule has 1 aliphatic carbocycles. The predicted octanol–water partition coefficient (Wildman–Crippen LogP) is 4.08. The Balaban J connectivity index is 2.02. The first-order valence-electron chi connectivity index (χ1n) is 7.10. The molecule has 0 heterocycles. The zero-order chi connectivity index (χ0) is 11.6. The van der Waals surface area contributed by atoms with Crippen molar-refractivity contribution in [1.29, 1.82) is 0 Å². The van der Waals surface area contributed by atoms with E-state index in [1.807, 2.05) is 11.8 Å². The average Bonchev–Trinajstić information content (AvgIpc) is 2.34. The second-order valence-corrected chi connectivity index (χ2v) is 6.05. The van der Waals surface area contributed by atoms with Gasteiger partial charge in [0.25, 0.3) is 0 Å². The van der Waals surface area contributed by atoms with Gasteiger partial charge in [-0.05, 0) is 50.2 Å². The Kier molecular flexibility index (Phi) is 8.40. The molecule has 1 N–H and O–H groups in total. The first-order valence-corrected chi connectivity index (χ1v) is 8.50. The molecule has 1 saturated carbocycles. The second-order valence-electron chi connectivity index (χ2n) is 5.07. The van der Waals surface area contributed by atoms with Crippen molar-refractivity contribution in [2.45, 2.75) is 64.3 Å².